The Morgan fingerprint density at radius 3 is 2.44 bits per heavy atom. The van der Waals surface area contributed by atoms with E-state index in [0.717, 1.165) is 25.2 Å². The first-order valence-corrected chi connectivity index (χ1v) is 9.40. The van der Waals surface area contributed by atoms with Crippen LogP contribution in [0, 0.1) is 0 Å². The molecule has 3 unspecified atom stereocenters. The second-order valence-corrected chi connectivity index (χ2v) is 7.29. The number of aromatic amines is 2. The summed E-state index contributed by atoms with van der Waals surface area (Å²) in [6.45, 7) is 4.75. The number of rotatable bonds is 5. The molecule has 0 aromatic carbocycles. The molecule has 2 saturated heterocycles. The molecule has 5 heteroatoms. The molecule has 135 valence electrons. The molecule has 1 radical (unpaired) electrons. The van der Waals surface area contributed by atoms with Gasteiger partial charge in [0.05, 0.1) is 19.1 Å². The number of likely N-dealkylation sites (tertiary alicyclic amines) is 2. The number of H-pyrrole nitrogens is 2. The zero-order valence-corrected chi connectivity index (χ0v) is 15.6. The van der Waals surface area contributed by atoms with E-state index in [2.05, 4.69) is 51.3 Å². The van der Waals surface area contributed by atoms with E-state index in [4.69, 9.17) is 0 Å². The van der Waals surface area contributed by atoms with E-state index in [1.165, 1.54) is 50.2 Å². The molecule has 4 nitrogen and oxygen atoms in total. The molecule has 0 aliphatic carbocycles. The maximum Gasteiger partial charge on any atom is 2.00 e. The van der Waals surface area contributed by atoms with Gasteiger partial charge in [-0.2, -0.15) is 0 Å². The second kappa shape index (κ2) is 8.90. The van der Waals surface area contributed by atoms with Crippen molar-refractivity contribution in [2.45, 2.75) is 50.9 Å². The van der Waals surface area contributed by atoms with Gasteiger partial charge >= 0.3 is 17.1 Å². The van der Waals surface area contributed by atoms with Gasteiger partial charge < -0.3 is 4.90 Å². The van der Waals surface area contributed by atoms with Gasteiger partial charge in [-0.05, 0) is 25.5 Å². The zero-order chi connectivity index (χ0) is 16.2. The average Bonchev–Trinajstić information content (AvgIpc) is 3.26. The fourth-order valence-electron chi connectivity index (χ4n) is 4.66. The summed E-state index contributed by atoms with van der Waals surface area (Å²) in [4.78, 5) is 11.3. The summed E-state index contributed by atoms with van der Waals surface area (Å²) in [5, 5.41) is 0. The van der Waals surface area contributed by atoms with Crippen LogP contribution < -0.4 is 14.9 Å². The summed E-state index contributed by atoms with van der Waals surface area (Å²) < 4.78 is 0. The SMILES string of the molecule is [Cu+2].c1ccc(CN2CCCC2C2CCC[NH+]2Cc2cccc[nH+]2)[nH+]c1. The van der Waals surface area contributed by atoms with Crippen LogP contribution in [-0.2, 0) is 30.2 Å². The molecule has 4 heterocycles. The molecule has 3 atom stereocenters. The standard InChI is InChI=1S/C20H26N4.Cu/c1-3-11-21-17(7-1)15-23-13-5-9-19(23)20-10-6-14-24(20)16-18-8-2-4-12-22-18;/h1-4,7-8,11-12,19-20H,5-6,9-10,13-16H2;/q;+2/p+3. The molecule has 2 aliphatic rings. The van der Waals surface area contributed by atoms with E-state index in [9.17, 15) is 0 Å². The van der Waals surface area contributed by atoms with Gasteiger partial charge in [0.2, 0.25) is 5.69 Å². The van der Waals surface area contributed by atoms with Crippen molar-refractivity contribution in [1.82, 2.24) is 4.90 Å². The van der Waals surface area contributed by atoms with Crippen LogP contribution in [0.15, 0.2) is 48.8 Å². The largest absolute Gasteiger partial charge is 2.00 e. The van der Waals surface area contributed by atoms with Crippen molar-refractivity contribution in [3.8, 4) is 0 Å². The predicted molar refractivity (Wildman–Crippen MR) is 92.0 cm³/mol. The van der Waals surface area contributed by atoms with E-state index in [1.807, 2.05) is 12.4 Å². The van der Waals surface area contributed by atoms with E-state index >= 15 is 0 Å². The normalized spacial score (nSPS) is 26.5. The van der Waals surface area contributed by atoms with E-state index in [1.54, 1.807) is 4.90 Å². The number of nitrogens with one attached hydrogen (secondary N) is 3. The molecule has 2 aromatic rings. The Kier molecular flexibility index (Phi) is 6.60. The van der Waals surface area contributed by atoms with Crippen molar-refractivity contribution in [1.29, 1.82) is 0 Å². The van der Waals surface area contributed by atoms with Crippen molar-refractivity contribution in [2.24, 2.45) is 0 Å². The molecule has 0 bridgehead atoms. The maximum atomic E-state index is 3.42. The number of hydrogen-bond donors (Lipinski definition) is 1. The number of quaternary nitrogens is 1. The molecule has 0 saturated carbocycles. The van der Waals surface area contributed by atoms with Crippen LogP contribution >= 0.6 is 0 Å². The molecule has 2 aliphatic heterocycles. The van der Waals surface area contributed by atoms with Gasteiger partial charge in [0.15, 0.2) is 24.6 Å². The van der Waals surface area contributed by atoms with Crippen LogP contribution in [0.1, 0.15) is 37.1 Å². The third-order valence-corrected chi connectivity index (χ3v) is 5.75. The smallest absolute Gasteiger partial charge is 0.322 e. The topological polar surface area (TPSA) is 36.0 Å². The number of pyridine rings is 2. The quantitative estimate of drug-likeness (QED) is 0.745. The van der Waals surface area contributed by atoms with Gasteiger partial charge in [0.1, 0.15) is 6.04 Å². The summed E-state index contributed by atoms with van der Waals surface area (Å²) in [6.07, 6.45) is 9.54. The molecule has 25 heavy (non-hydrogen) atoms. The van der Waals surface area contributed by atoms with Crippen molar-refractivity contribution in [3.63, 3.8) is 0 Å². The Hall–Kier alpha value is -1.26. The monoisotopic (exact) mass is 388 g/mol. The van der Waals surface area contributed by atoms with Crippen LogP contribution in [-0.4, -0.2) is 30.1 Å². The van der Waals surface area contributed by atoms with Crippen LogP contribution in [0.3, 0.4) is 0 Å². The maximum absolute atomic E-state index is 3.42. The Morgan fingerprint density at radius 2 is 1.72 bits per heavy atom. The number of nitrogens with zero attached hydrogens (tertiary/aromatic N) is 1. The first kappa shape index (κ1) is 18.5. The molecular weight excluding hydrogens is 360 g/mol. The molecule has 2 aromatic heterocycles. The van der Waals surface area contributed by atoms with Crippen molar-refractivity contribution in [2.75, 3.05) is 13.1 Å². The molecule has 3 N–H and O–H groups in total. The third kappa shape index (κ3) is 4.48. The third-order valence-electron chi connectivity index (χ3n) is 5.75. The Labute approximate surface area is 161 Å². The van der Waals surface area contributed by atoms with Gasteiger partial charge in [-0.1, -0.05) is 6.07 Å². The van der Waals surface area contributed by atoms with Gasteiger partial charge in [0.25, 0.3) is 0 Å². The molecular formula is C20H29CuN4+5. The van der Waals surface area contributed by atoms with Crippen molar-refractivity contribution in [3.05, 3.63) is 60.2 Å². The second-order valence-electron chi connectivity index (χ2n) is 7.29. The number of aromatic nitrogens is 2. The minimum Gasteiger partial charge on any atom is -0.322 e. The zero-order valence-electron chi connectivity index (χ0n) is 14.7. The Morgan fingerprint density at radius 1 is 0.960 bits per heavy atom. The van der Waals surface area contributed by atoms with Crippen LogP contribution in [0.5, 0.6) is 0 Å². The first-order valence-electron chi connectivity index (χ1n) is 9.40. The Bertz CT molecular complexity index is 579. The van der Waals surface area contributed by atoms with Crippen molar-refractivity contribution < 1.29 is 31.9 Å². The van der Waals surface area contributed by atoms with E-state index in [-0.39, 0.29) is 17.1 Å². The van der Waals surface area contributed by atoms with Crippen LogP contribution in [0.2, 0.25) is 0 Å². The summed E-state index contributed by atoms with van der Waals surface area (Å²) in [5.74, 6) is 0. The molecule has 4 rings (SSSR count). The van der Waals surface area contributed by atoms with Gasteiger partial charge in [-0.15, -0.1) is 0 Å². The summed E-state index contributed by atoms with van der Waals surface area (Å²) >= 11 is 0. The van der Waals surface area contributed by atoms with E-state index in [0.29, 0.717) is 0 Å². The summed E-state index contributed by atoms with van der Waals surface area (Å²) in [7, 11) is 0. The average molecular weight is 389 g/mol. The van der Waals surface area contributed by atoms with E-state index < -0.39 is 0 Å². The predicted octanol–water partition coefficient (Wildman–Crippen LogP) is 0.524. The van der Waals surface area contributed by atoms with Crippen LogP contribution in [0.25, 0.3) is 0 Å². The van der Waals surface area contributed by atoms with Crippen LogP contribution in [0.4, 0.5) is 0 Å². The summed E-state index contributed by atoms with van der Waals surface area (Å²) in [5.41, 5.74) is 2.70. The minimum absolute atomic E-state index is 0. The first-order chi connectivity index (χ1) is 11.9. The molecule has 0 amide bonds. The number of hydrogen-bond acceptors (Lipinski definition) is 1. The fraction of sp³-hybridized carbons (Fsp3) is 0.500. The van der Waals surface area contributed by atoms with Gasteiger partial charge in [-0.3, -0.25) is 4.90 Å². The molecule has 2 fully saturated rings. The van der Waals surface area contributed by atoms with Crippen molar-refractivity contribution >= 4 is 0 Å². The summed E-state index contributed by atoms with van der Waals surface area (Å²) in [6, 6.07) is 14.4. The fourth-order valence-corrected chi connectivity index (χ4v) is 4.66. The Balaban J connectivity index is 0.00000182. The molecule has 0 spiro atoms. The minimum atomic E-state index is 0. The van der Waals surface area contributed by atoms with Gasteiger partial charge in [-0.25, -0.2) is 9.97 Å². The van der Waals surface area contributed by atoms with Gasteiger partial charge in [0, 0.05) is 37.1 Å².